The topological polar surface area (TPSA) is 73.9 Å². The first-order valence-electron chi connectivity index (χ1n) is 10.8. The Hall–Kier alpha value is -2.93. The first kappa shape index (κ1) is 23.7. The number of ether oxygens (including phenoxy) is 3. The second kappa shape index (κ2) is 10.1. The van der Waals surface area contributed by atoms with Crippen LogP contribution in [0.2, 0.25) is 0 Å². The number of esters is 1. The van der Waals surface area contributed by atoms with Crippen LogP contribution in [0.1, 0.15) is 43.1 Å². The monoisotopic (exact) mass is 443 g/mol. The summed E-state index contributed by atoms with van der Waals surface area (Å²) >= 11 is 0. The average molecular weight is 444 g/mol. The van der Waals surface area contributed by atoms with E-state index in [1.165, 1.54) is 6.92 Å². The number of rotatable bonds is 6. The Morgan fingerprint density at radius 3 is 2.50 bits per heavy atom. The van der Waals surface area contributed by atoms with Crippen molar-refractivity contribution in [1.29, 1.82) is 0 Å². The molecular formula is C25H30FNO5. The molecule has 2 aromatic rings. The molecule has 1 amide bonds. The quantitative estimate of drug-likeness (QED) is 0.668. The van der Waals surface area contributed by atoms with Crippen molar-refractivity contribution in [3.63, 3.8) is 0 Å². The third-order valence-corrected chi connectivity index (χ3v) is 5.80. The van der Waals surface area contributed by atoms with Crippen molar-refractivity contribution in [1.82, 2.24) is 5.32 Å². The lowest BCUT2D eigenvalue weighted by Crippen LogP contribution is -2.55. The van der Waals surface area contributed by atoms with E-state index in [4.69, 9.17) is 14.2 Å². The predicted octanol–water partition coefficient (Wildman–Crippen LogP) is 4.44. The maximum atomic E-state index is 15.2. The SMILES string of the molecule is CC[C@H]1O[C@H](Oc2ccc(-c3cccc(C(=O)NC)c3)cc2C)[C@@H](F)[C@@H](OC(C)=O)[C@@H]1C. The summed E-state index contributed by atoms with van der Waals surface area (Å²) in [7, 11) is 1.59. The van der Waals surface area contributed by atoms with Crippen LogP contribution >= 0.6 is 0 Å². The number of benzene rings is 2. The highest BCUT2D eigenvalue weighted by molar-refractivity contribution is 5.95. The Balaban J connectivity index is 1.82. The summed E-state index contributed by atoms with van der Waals surface area (Å²) in [6.07, 6.45) is -3.36. The number of halogens is 1. The Morgan fingerprint density at radius 2 is 1.88 bits per heavy atom. The molecule has 0 radical (unpaired) electrons. The van der Waals surface area contributed by atoms with E-state index in [-0.39, 0.29) is 17.9 Å². The van der Waals surface area contributed by atoms with Crippen molar-refractivity contribution in [2.45, 2.75) is 58.8 Å². The fraction of sp³-hybridized carbons (Fsp3) is 0.440. The Labute approximate surface area is 188 Å². The lowest BCUT2D eigenvalue weighted by Gasteiger charge is -2.41. The van der Waals surface area contributed by atoms with Gasteiger partial charge in [-0.15, -0.1) is 0 Å². The van der Waals surface area contributed by atoms with Gasteiger partial charge in [0.2, 0.25) is 6.29 Å². The number of amides is 1. The van der Waals surface area contributed by atoms with Gasteiger partial charge in [0, 0.05) is 25.5 Å². The molecule has 1 aliphatic rings. The molecule has 5 atom stereocenters. The molecule has 0 bridgehead atoms. The molecule has 0 saturated carbocycles. The zero-order valence-electron chi connectivity index (χ0n) is 19.1. The predicted molar refractivity (Wildman–Crippen MR) is 119 cm³/mol. The fourth-order valence-electron chi connectivity index (χ4n) is 4.02. The molecule has 0 spiro atoms. The van der Waals surface area contributed by atoms with Crippen LogP contribution in [-0.4, -0.2) is 43.6 Å². The zero-order chi connectivity index (χ0) is 23.4. The average Bonchev–Trinajstić information content (AvgIpc) is 2.78. The van der Waals surface area contributed by atoms with Crippen LogP contribution in [0.25, 0.3) is 11.1 Å². The molecule has 1 aliphatic heterocycles. The minimum Gasteiger partial charge on any atom is -0.461 e. The molecule has 0 aliphatic carbocycles. The molecule has 2 aromatic carbocycles. The molecule has 0 aromatic heterocycles. The molecule has 3 rings (SSSR count). The molecular weight excluding hydrogens is 413 g/mol. The molecule has 6 nitrogen and oxygen atoms in total. The van der Waals surface area contributed by atoms with Gasteiger partial charge < -0.3 is 19.5 Å². The van der Waals surface area contributed by atoms with Gasteiger partial charge in [0.25, 0.3) is 5.91 Å². The van der Waals surface area contributed by atoms with Crippen LogP contribution in [0.15, 0.2) is 42.5 Å². The van der Waals surface area contributed by atoms with Gasteiger partial charge in [-0.3, -0.25) is 9.59 Å². The van der Waals surface area contributed by atoms with Crippen molar-refractivity contribution in [2.24, 2.45) is 5.92 Å². The molecule has 1 heterocycles. The Bertz CT molecular complexity index is 979. The van der Waals surface area contributed by atoms with Crippen LogP contribution < -0.4 is 10.1 Å². The maximum Gasteiger partial charge on any atom is 0.303 e. The van der Waals surface area contributed by atoms with Gasteiger partial charge in [0.15, 0.2) is 6.17 Å². The first-order valence-corrected chi connectivity index (χ1v) is 10.8. The van der Waals surface area contributed by atoms with Gasteiger partial charge in [0.1, 0.15) is 11.9 Å². The normalized spacial score (nSPS) is 25.1. The van der Waals surface area contributed by atoms with E-state index in [1.54, 1.807) is 19.2 Å². The van der Waals surface area contributed by atoms with Gasteiger partial charge in [-0.25, -0.2) is 4.39 Å². The largest absolute Gasteiger partial charge is 0.461 e. The third kappa shape index (κ3) is 5.10. The fourth-order valence-corrected chi connectivity index (χ4v) is 4.02. The highest BCUT2D eigenvalue weighted by Gasteiger charge is 2.47. The highest BCUT2D eigenvalue weighted by Crippen LogP contribution is 2.35. The molecule has 1 saturated heterocycles. The van der Waals surface area contributed by atoms with Crippen LogP contribution in [-0.2, 0) is 14.3 Å². The van der Waals surface area contributed by atoms with Gasteiger partial charge in [-0.05, 0) is 54.3 Å². The number of aryl methyl sites for hydroxylation is 1. The Morgan fingerprint density at radius 1 is 1.16 bits per heavy atom. The lowest BCUT2D eigenvalue weighted by molar-refractivity contribution is -0.243. The van der Waals surface area contributed by atoms with Crippen molar-refractivity contribution in [3.8, 4) is 16.9 Å². The van der Waals surface area contributed by atoms with Gasteiger partial charge in [0.05, 0.1) is 6.10 Å². The third-order valence-electron chi connectivity index (χ3n) is 5.80. The van der Waals surface area contributed by atoms with Crippen LogP contribution in [0.4, 0.5) is 4.39 Å². The van der Waals surface area contributed by atoms with E-state index in [0.717, 1.165) is 16.7 Å². The van der Waals surface area contributed by atoms with E-state index in [0.29, 0.717) is 17.7 Å². The summed E-state index contributed by atoms with van der Waals surface area (Å²) in [4.78, 5) is 23.4. The Kier molecular flexibility index (Phi) is 7.51. The second-order valence-electron chi connectivity index (χ2n) is 8.09. The second-order valence-corrected chi connectivity index (χ2v) is 8.09. The summed E-state index contributed by atoms with van der Waals surface area (Å²) in [6.45, 7) is 6.89. The number of hydrogen-bond donors (Lipinski definition) is 1. The highest BCUT2D eigenvalue weighted by atomic mass is 19.1. The van der Waals surface area contributed by atoms with Crippen molar-refractivity contribution >= 4 is 11.9 Å². The minimum absolute atomic E-state index is 0.158. The van der Waals surface area contributed by atoms with Crippen LogP contribution in [0.5, 0.6) is 5.75 Å². The van der Waals surface area contributed by atoms with E-state index in [1.807, 2.05) is 51.1 Å². The lowest BCUT2D eigenvalue weighted by atomic mass is 9.89. The van der Waals surface area contributed by atoms with E-state index in [9.17, 15) is 9.59 Å². The number of alkyl halides is 1. The molecule has 0 unspecified atom stereocenters. The molecule has 172 valence electrons. The number of hydrogen-bond acceptors (Lipinski definition) is 5. The molecule has 1 fully saturated rings. The zero-order valence-corrected chi connectivity index (χ0v) is 19.1. The molecule has 7 heteroatoms. The van der Waals surface area contributed by atoms with Crippen molar-refractivity contribution < 1.29 is 28.2 Å². The number of nitrogens with one attached hydrogen (secondary N) is 1. The minimum atomic E-state index is -1.61. The molecule has 1 N–H and O–H groups in total. The summed E-state index contributed by atoms with van der Waals surface area (Å²) in [6, 6.07) is 12.8. The van der Waals surface area contributed by atoms with Gasteiger partial charge in [-0.2, -0.15) is 0 Å². The van der Waals surface area contributed by atoms with Gasteiger partial charge in [-0.1, -0.05) is 32.0 Å². The summed E-state index contributed by atoms with van der Waals surface area (Å²) in [5.41, 5.74) is 3.14. The standard InChI is InChI=1S/C25H30FNO5/c1-6-20-15(3)23(30-16(4)28)22(26)25(31-20)32-21-11-10-18(12-14(21)2)17-8-7-9-19(13-17)24(29)27-5/h7-13,15,20,22-23,25H,6H2,1-5H3,(H,27,29)/t15-,20-,22+,23+,25-/m1/s1. The van der Waals surface area contributed by atoms with Crippen molar-refractivity contribution in [3.05, 3.63) is 53.6 Å². The summed E-state index contributed by atoms with van der Waals surface area (Å²) in [5.74, 6) is -0.488. The number of carbonyl (C=O) groups is 2. The number of carbonyl (C=O) groups excluding carboxylic acids is 2. The van der Waals surface area contributed by atoms with Gasteiger partial charge >= 0.3 is 5.97 Å². The summed E-state index contributed by atoms with van der Waals surface area (Å²) in [5, 5.41) is 2.62. The van der Waals surface area contributed by atoms with E-state index < -0.39 is 24.5 Å². The van der Waals surface area contributed by atoms with Crippen LogP contribution in [0, 0.1) is 12.8 Å². The maximum absolute atomic E-state index is 15.2. The first-order chi connectivity index (χ1) is 15.2. The van der Waals surface area contributed by atoms with E-state index >= 15 is 4.39 Å². The molecule has 32 heavy (non-hydrogen) atoms. The smallest absolute Gasteiger partial charge is 0.303 e. The van der Waals surface area contributed by atoms with Crippen molar-refractivity contribution in [2.75, 3.05) is 7.05 Å². The van der Waals surface area contributed by atoms with E-state index in [2.05, 4.69) is 5.32 Å². The summed E-state index contributed by atoms with van der Waals surface area (Å²) < 4.78 is 32.2. The van der Waals surface area contributed by atoms with Crippen LogP contribution in [0.3, 0.4) is 0 Å².